The highest BCUT2D eigenvalue weighted by Gasteiger charge is 2.12. The molecule has 8 heteroatoms. The number of hydrazone groups is 1. The number of benzene rings is 4. The van der Waals surface area contributed by atoms with E-state index in [-0.39, 0.29) is 12.4 Å². The summed E-state index contributed by atoms with van der Waals surface area (Å²) in [5.41, 5.74) is 5.46. The first-order chi connectivity index (χ1) is 19.1. The number of carbonyl (C=O) groups is 1. The highest BCUT2D eigenvalue weighted by atomic mass is 19.1. The van der Waals surface area contributed by atoms with E-state index < -0.39 is 5.91 Å². The highest BCUT2D eigenvalue weighted by Crippen LogP contribution is 2.30. The fraction of sp³-hybridized carbons (Fsp3) is 0.161. The summed E-state index contributed by atoms with van der Waals surface area (Å²) in [5, 5.41) is 4.07. The smallest absolute Gasteiger partial charge is 0.271 e. The summed E-state index contributed by atoms with van der Waals surface area (Å²) >= 11 is 0. The van der Waals surface area contributed by atoms with E-state index in [0.717, 1.165) is 11.1 Å². The molecule has 0 aliphatic rings. The molecule has 4 aromatic carbocycles. The Morgan fingerprint density at radius 3 is 2.15 bits per heavy atom. The molecule has 0 aromatic heterocycles. The van der Waals surface area contributed by atoms with E-state index in [1.54, 1.807) is 48.5 Å². The second-order valence-corrected chi connectivity index (χ2v) is 8.39. The number of halogens is 1. The molecule has 0 unspecified atom stereocenters. The number of nitrogens with zero attached hydrogens (tertiary/aromatic N) is 1. The summed E-state index contributed by atoms with van der Waals surface area (Å²) in [7, 11) is 1.53. The number of hydrogen-bond acceptors (Lipinski definition) is 6. The zero-order valence-corrected chi connectivity index (χ0v) is 21.7. The van der Waals surface area contributed by atoms with Gasteiger partial charge in [0.25, 0.3) is 5.91 Å². The molecule has 1 N–H and O–H groups in total. The summed E-state index contributed by atoms with van der Waals surface area (Å²) in [5.74, 6) is 1.36. The lowest BCUT2D eigenvalue weighted by molar-refractivity contribution is 0.0954. The standard InChI is InChI=1S/C31H29FN2O5/c1-3-37-30-18-25(12-16-28(30)39-20-22-7-5-4-6-8-22)31(35)34-33-19-24-11-15-27(29(17-24)36-2)38-21-23-9-13-26(32)14-10-23/h4-19H,3,20-21H2,1-2H3,(H,34,35)/b33-19+. The van der Waals surface area contributed by atoms with E-state index in [2.05, 4.69) is 10.5 Å². The lowest BCUT2D eigenvalue weighted by atomic mass is 10.2. The molecule has 0 bridgehead atoms. The molecule has 0 heterocycles. The van der Waals surface area contributed by atoms with Gasteiger partial charge in [-0.3, -0.25) is 4.79 Å². The molecule has 39 heavy (non-hydrogen) atoms. The summed E-state index contributed by atoms with van der Waals surface area (Å²) < 4.78 is 35.9. The molecule has 0 atom stereocenters. The van der Waals surface area contributed by atoms with E-state index in [0.29, 0.717) is 47.3 Å². The Balaban J connectivity index is 1.36. The van der Waals surface area contributed by atoms with Gasteiger partial charge in [0, 0.05) is 5.56 Å². The van der Waals surface area contributed by atoms with E-state index in [4.69, 9.17) is 18.9 Å². The summed E-state index contributed by atoms with van der Waals surface area (Å²) in [6.07, 6.45) is 1.50. The molecule has 4 aromatic rings. The molecule has 1 amide bonds. The lowest BCUT2D eigenvalue weighted by Gasteiger charge is -2.13. The number of nitrogens with one attached hydrogen (secondary N) is 1. The summed E-state index contributed by atoms with van der Waals surface area (Å²) in [4.78, 5) is 12.7. The van der Waals surface area contributed by atoms with Crippen molar-refractivity contribution in [2.75, 3.05) is 13.7 Å². The van der Waals surface area contributed by atoms with Gasteiger partial charge in [0.1, 0.15) is 19.0 Å². The average molecular weight is 529 g/mol. The van der Waals surface area contributed by atoms with Crippen molar-refractivity contribution in [3.8, 4) is 23.0 Å². The Morgan fingerprint density at radius 2 is 1.46 bits per heavy atom. The fourth-order valence-electron chi connectivity index (χ4n) is 3.63. The number of ether oxygens (including phenoxy) is 4. The van der Waals surface area contributed by atoms with Crippen molar-refractivity contribution in [1.29, 1.82) is 0 Å². The van der Waals surface area contributed by atoms with Crippen LogP contribution in [-0.2, 0) is 13.2 Å². The Hall–Kier alpha value is -4.85. The van der Waals surface area contributed by atoms with Crippen LogP contribution in [0.25, 0.3) is 0 Å². The number of methoxy groups -OCH3 is 1. The van der Waals surface area contributed by atoms with Crippen LogP contribution in [0.4, 0.5) is 4.39 Å². The zero-order valence-electron chi connectivity index (χ0n) is 21.7. The van der Waals surface area contributed by atoms with Crippen molar-refractivity contribution in [3.05, 3.63) is 119 Å². The van der Waals surface area contributed by atoms with Crippen molar-refractivity contribution in [2.45, 2.75) is 20.1 Å². The zero-order chi connectivity index (χ0) is 27.5. The molecule has 0 aliphatic heterocycles. The van der Waals surface area contributed by atoms with Crippen LogP contribution in [0.15, 0.2) is 96.1 Å². The molecular weight excluding hydrogens is 499 g/mol. The van der Waals surface area contributed by atoms with Gasteiger partial charge in [0.15, 0.2) is 23.0 Å². The molecule has 0 aliphatic carbocycles. The van der Waals surface area contributed by atoms with Crippen LogP contribution in [0.5, 0.6) is 23.0 Å². The quantitative estimate of drug-likeness (QED) is 0.176. The molecule has 0 saturated carbocycles. The van der Waals surface area contributed by atoms with E-state index in [1.165, 1.54) is 25.5 Å². The number of hydrogen-bond donors (Lipinski definition) is 1. The Labute approximate surface area is 226 Å². The third-order valence-electron chi connectivity index (χ3n) is 5.62. The number of carbonyl (C=O) groups excluding carboxylic acids is 1. The van der Waals surface area contributed by atoms with Crippen LogP contribution in [0.1, 0.15) is 34.0 Å². The second kappa shape index (κ2) is 13.6. The third kappa shape index (κ3) is 7.82. The molecule has 0 fully saturated rings. The van der Waals surface area contributed by atoms with Crippen molar-refractivity contribution in [3.63, 3.8) is 0 Å². The molecule has 200 valence electrons. The topological polar surface area (TPSA) is 78.4 Å². The first-order valence-corrected chi connectivity index (χ1v) is 12.4. The maximum Gasteiger partial charge on any atom is 0.271 e. The van der Waals surface area contributed by atoms with Crippen LogP contribution < -0.4 is 24.4 Å². The SMILES string of the molecule is CCOc1cc(C(=O)N/N=C/c2ccc(OCc3ccc(F)cc3)c(OC)c2)ccc1OCc1ccccc1. The number of amides is 1. The molecule has 4 rings (SSSR count). The van der Waals surface area contributed by atoms with Gasteiger partial charge < -0.3 is 18.9 Å². The predicted molar refractivity (Wildman–Crippen MR) is 147 cm³/mol. The average Bonchev–Trinajstić information content (AvgIpc) is 2.97. The molecule has 0 saturated heterocycles. The van der Waals surface area contributed by atoms with Crippen LogP contribution in [0, 0.1) is 5.82 Å². The van der Waals surface area contributed by atoms with E-state index in [9.17, 15) is 9.18 Å². The number of rotatable bonds is 12. The largest absolute Gasteiger partial charge is 0.493 e. The fourth-order valence-corrected chi connectivity index (χ4v) is 3.63. The van der Waals surface area contributed by atoms with Crippen molar-refractivity contribution >= 4 is 12.1 Å². The van der Waals surface area contributed by atoms with Gasteiger partial charge in [-0.1, -0.05) is 42.5 Å². The minimum absolute atomic E-state index is 0.264. The maximum absolute atomic E-state index is 13.1. The predicted octanol–water partition coefficient (Wildman–Crippen LogP) is 6.15. The molecule has 0 spiro atoms. The Morgan fingerprint density at radius 1 is 0.795 bits per heavy atom. The van der Waals surface area contributed by atoms with Crippen molar-refractivity contribution in [2.24, 2.45) is 5.10 Å². The lowest BCUT2D eigenvalue weighted by Crippen LogP contribution is -2.17. The van der Waals surface area contributed by atoms with Crippen LogP contribution >= 0.6 is 0 Å². The van der Waals surface area contributed by atoms with Gasteiger partial charge in [0.05, 0.1) is 19.9 Å². The Bertz CT molecular complexity index is 1410. The normalized spacial score (nSPS) is 10.7. The van der Waals surface area contributed by atoms with Crippen molar-refractivity contribution in [1.82, 2.24) is 5.43 Å². The minimum Gasteiger partial charge on any atom is -0.493 e. The van der Waals surface area contributed by atoms with Gasteiger partial charge in [-0.15, -0.1) is 0 Å². The monoisotopic (exact) mass is 528 g/mol. The van der Waals surface area contributed by atoms with Gasteiger partial charge in [-0.2, -0.15) is 5.10 Å². The van der Waals surface area contributed by atoms with Crippen LogP contribution in [-0.4, -0.2) is 25.8 Å². The van der Waals surface area contributed by atoms with Gasteiger partial charge >= 0.3 is 0 Å². The van der Waals surface area contributed by atoms with Crippen LogP contribution in [0.3, 0.4) is 0 Å². The first kappa shape index (κ1) is 27.2. The summed E-state index contributed by atoms with van der Waals surface area (Å²) in [6, 6.07) is 26.2. The van der Waals surface area contributed by atoms with Crippen molar-refractivity contribution < 1.29 is 28.1 Å². The molecular formula is C31H29FN2O5. The molecule has 7 nitrogen and oxygen atoms in total. The van der Waals surface area contributed by atoms with E-state index in [1.807, 2.05) is 37.3 Å². The van der Waals surface area contributed by atoms with Crippen LogP contribution in [0.2, 0.25) is 0 Å². The van der Waals surface area contributed by atoms with Gasteiger partial charge in [-0.25, -0.2) is 9.82 Å². The minimum atomic E-state index is -0.395. The highest BCUT2D eigenvalue weighted by molar-refractivity contribution is 5.95. The summed E-state index contributed by atoms with van der Waals surface area (Å²) in [6.45, 7) is 2.94. The van der Waals surface area contributed by atoms with Gasteiger partial charge in [-0.05, 0) is 72.1 Å². The molecule has 0 radical (unpaired) electrons. The first-order valence-electron chi connectivity index (χ1n) is 12.4. The maximum atomic E-state index is 13.1. The van der Waals surface area contributed by atoms with Gasteiger partial charge in [0.2, 0.25) is 0 Å². The third-order valence-corrected chi connectivity index (χ3v) is 5.62. The van der Waals surface area contributed by atoms with E-state index >= 15 is 0 Å². The second-order valence-electron chi connectivity index (χ2n) is 8.39. The Kier molecular flexibility index (Phi) is 9.50.